The highest BCUT2D eigenvalue weighted by Gasteiger charge is 2.15. The second-order valence-corrected chi connectivity index (χ2v) is 4.75. The van der Waals surface area contributed by atoms with Gasteiger partial charge < -0.3 is 5.32 Å². The first kappa shape index (κ1) is 13.7. The predicted octanol–water partition coefficient (Wildman–Crippen LogP) is 2.43. The van der Waals surface area contributed by atoms with Crippen LogP contribution in [0.4, 0.5) is 0 Å². The molecule has 1 heterocycles. The summed E-state index contributed by atoms with van der Waals surface area (Å²) in [6.07, 6.45) is 0.953. The van der Waals surface area contributed by atoms with E-state index in [-0.39, 0.29) is 0 Å². The van der Waals surface area contributed by atoms with Gasteiger partial charge in [-0.05, 0) is 31.0 Å². The van der Waals surface area contributed by atoms with Gasteiger partial charge in [0.15, 0.2) is 0 Å². The zero-order chi connectivity index (χ0) is 13.7. The Morgan fingerprint density at radius 2 is 2.21 bits per heavy atom. The molecular weight excluding hydrogens is 236 g/mol. The van der Waals surface area contributed by atoms with Crippen molar-refractivity contribution >= 4 is 11.5 Å². The van der Waals surface area contributed by atoms with Gasteiger partial charge in [-0.2, -0.15) is 5.10 Å². The summed E-state index contributed by atoms with van der Waals surface area (Å²) in [4.78, 5) is 4.51. The molecule has 0 aliphatic carbocycles. The highest BCUT2D eigenvalue weighted by molar-refractivity contribution is 6.02. The molecule has 0 saturated heterocycles. The molecule has 0 atom stereocenters. The third kappa shape index (κ3) is 3.41. The first-order valence-electron chi connectivity index (χ1n) is 6.91. The van der Waals surface area contributed by atoms with Crippen LogP contribution >= 0.6 is 0 Å². The van der Waals surface area contributed by atoms with Gasteiger partial charge in [0.2, 0.25) is 0 Å². The van der Waals surface area contributed by atoms with E-state index in [1.165, 1.54) is 16.7 Å². The van der Waals surface area contributed by atoms with Crippen LogP contribution in [0.1, 0.15) is 43.9 Å². The number of aliphatic imine (C=N–C) groups is 1. The van der Waals surface area contributed by atoms with E-state index in [1.54, 1.807) is 0 Å². The van der Waals surface area contributed by atoms with Crippen LogP contribution in [0.2, 0.25) is 0 Å². The number of hydrogen-bond donors (Lipinski definition) is 2. The molecule has 0 fully saturated rings. The van der Waals surface area contributed by atoms with Crippen LogP contribution in [0.5, 0.6) is 0 Å². The number of fused-ring (bicyclic) bond motifs is 1. The fourth-order valence-electron chi connectivity index (χ4n) is 1.96. The molecule has 0 aromatic heterocycles. The standard InChI is InChI=1S/C15H22N4/c1-4-11(3)18-19-15-14-7-6-12(9-16-5-2)8-13(14)10-17-15/h6-8,16H,4-5,9-10H2,1-3H3,(H,17,19)/b18-11+. The second-order valence-electron chi connectivity index (χ2n) is 4.75. The molecule has 0 saturated carbocycles. The second kappa shape index (κ2) is 6.48. The van der Waals surface area contributed by atoms with Gasteiger partial charge >= 0.3 is 0 Å². The van der Waals surface area contributed by atoms with Gasteiger partial charge in [0.05, 0.1) is 6.54 Å². The molecule has 1 aromatic carbocycles. The SMILES string of the molecule is CCNCc1ccc2c(c1)CN=C2N/N=C(\C)CC. The topological polar surface area (TPSA) is 48.8 Å². The quantitative estimate of drug-likeness (QED) is 0.629. The van der Waals surface area contributed by atoms with Crippen LogP contribution in [0.25, 0.3) is 0 Å². The molecule has 1 aromatic rings. The van der Waals surface area contributed by atoms with E-state index in [0.717, 1.165) is 37.6 Å². The van der Waals surface area contributed by atoms with Gasteiger partial charge in [0.1, 0.15) is 5.84 Å². The van der Waals surface area contributed by atoms with Crippen molar-refractivity contribution in [3.05, 3.63) is 34.9 Å². The van der Waals surface area contributed by atoms with Crippen LogP contribution in [-0.2, 0) is 13.1 Å². The minimum atomic E-state index is 0.748. The van der Waals surface area contributed by atoms with Crippen molar-refractivity contribution < 1.29 is 0 Å². The summed E-state index contributed by atoms with van der Waals surface area (Å²) in [5.41, 5.74) is 7.92. The van der Waals surface area contributed by atoms with Gasteiger partial charge in [0, 0.05) is 17.8 Å². The molecule has 0 unspecified atom stereocenters. The fraction of sp³-hybridized carbons (Fsp3) is 0.467. The zero-order valence-electron chi connectivity index (χ0n) is 12.0. The normalized spacial score (nSPS) is 14.3. The van der Waals surface area contributed by atoms with Crippen molar-refractivity contribution in [2.45, 2.75) is 40.3 Å². The summed E-state index contributed by atoms with van der Waals surface area (Å²) < 4.78 is 0. The number of hydrogen-bond acceptors (Lipinski definition) is 4. The lowest BCUT2D eigenvalue weighted by Gasteiger charge is -2.07. The minimum absolute atomic E-state index is 0.748. The Hall–Kier alpha value is -1.68. The molecule has 1 aliphatic heterocycles. The number of amidine groups is 1. The van der Waals surface area contributed by atoms with E-state index in [2.05, 4.69) is 52.9 Å². The van der Waals surface area contributed by atoms with Crippen molar-refractivity contribution in [2.24, 2.45) is 10.1 Å². The molecule has 0 bridgehead atoms. The molecule has 0 amide bonds. The number of benzene rings is 1. The largest absolute Gasteiger partial charge is 0.313 e. The maximum absolute atomic E-state index is 4.51. The molecule has 102 valence electrons. The lowest BCUT2D eigenvalue weighted by Crippen LogP contribution is -2.19. The van der Waals surface area contributed by atoms with Gasteiger partial charge in [0.25, 0.3) is 0 Å². The van der Waals surface area contributed by atoms with Crippen molar-refractivity contribution in [1.82, 2.24) is 10.7 Å². The Kier molecular flexibility index (Phi) is 4.68. The lowest BCUT2D eigenvalue weighted by atomic mass is 10.1. The predicted molar refractivity (Wildman–Crippen MR) is 80.6 cm³/mol. The van der Waals surface area contributed by atoms with Gasteiger partial charge in [-0.25, -0.2) is 0 Å². The van der Waals surface area contributed by atoms with Crippen LogP contribution in [-0.4, -0.2) is 18.1 Å². The molecular formula is C15H22N4. The van der Waals surface area contributed by atoms with E-state index in [0.29, 0.717) is 0 Å². The molecule has 2 N–H and O–H groups in total. The summed E-state index contributed by atoms with van der Waals surface area (Å²) >= 11 is 0. The van der Waals surface area contributed by atoms with Crippen molar-refractivity contribution in [3.63, 3.8) is 0 Å². The zero-order valence-corrected chi connectivity index (χ0v) is 12.0. The highest BCUT2D eigenvalue weighted by Crippen LogP contribution is 2.19. The lowest BCUT2D eigenvalue weighted by molar-refractivity contribution is 0.726. The van der Waals surface area contributed by atoms with Gasteiger partial charge in [-0.3, -0.25) is 10.4 Å². The molecule has 4 heteroatoms. The van der Waals surface area contributed by atoms with Crippen LogP contribution < -0.4 is 10.7 Å². The molecule has 19 heavy (non-hydrogen) atoms. The average molecular weight is 258 g/mol. The minimum Gasteiger partial charge on any atom is -0.313 e. The molecule has 2 rings (SSSR count). The molecule has 0 spiro atoms. The number of nitrogens with one attached hydrogen (secondary N) is 2. The Bertz CT molecular complexity index is 503. The maximum atomic E-state index is 4.51. The van der Waals surface area contributed by atoms with E-state index >= 15 is 0 Å². The van der Waals surface area contributed by atoms with Gasteiger partial charge in [-0.1, -0.05) is 32.0 Å². The summed E-state index contributed by atoms with van der Waals surface area (Å²) in [6, 6.07) is 6.52. The highest BCUT2D eigenvalue weighted by atomic mass is 15.3. The molecule has 0 radical (unpaired) electrons. The summed E-state index contributed by atoms with van der Waals surface area (Å²) in [7, 11) is 0. The monoisotopic (exact) mass is 258 g/mol. The summed E-state index contributed by atoms with van der Waals surface area (Å²) in [5, 5.41) is 7.66. The van der Waals surface area contributed by atoms with E-state index < -0.39 is 0 Å². The molecule has 1 aliphatic rings. The Morgan fingerprint density at radius 3 is 2.95 bits per heavy atom. The third-order valence-corrected chi connectivity index (χ3v) is 3.28. The van der Waals surface area contributed by atoms with Crippen LogP contribution in [0.15, 0.2) is 28.3 Å². The fourth-order valence-corrected chi connectivity index (χ4v) is 1.96. The van der Waals surface area contributed by atoms with Crippen molar-refractivity contribution in [3.8, 4) is 0 Å². The number of rotatable bonds is 5. The first-order valence-corrected chi connectivity index (χ1v) is 6.91. The first-order chi connectivity index (χ1) is 9.24. The average Bonchev–Trinajstić information content (AvgIpc) is 2.84. The summed E-state index contributed by atoms with van der Waals surface area (Å²) in [6.45, 7) is 8.89. The summed E-state index contributed by atoms with van der Waals surface area (Å²) in [5.74, 6) is 0.887. The molecule has 4 nitrogen and oxygen atoms in total. The smallest absolute Gasteiger partial charge is 0.149 e. The van der Waals surface area contributed by atoms with Gasteiger partial charge in [-0.15, -0.1) is 0 Å². The van der Waals surface area contributed by atoms with Crippen LogP contribution in [0, 0.1) is 0 Å². The van der Waals surface area contributed by atoms with Crippen molar-refractivity contribution in [2.75, 3.05) is 6.54 Å². The Morgan fingerprint density at radius 1 is 1.37 bits per heavy atom. The third-order valence-electron chi connectivity index (χ3n) is 3.28. The van der Waals surface area contributed by atoms with E-state index in [9.17, 15) is 0 Å². The van der Waals surface area contributed by atoms with E-state index in [4.69, 9.17) is 0 Å². The Labute approximate surface area is 115 Å². The Balaban J connectivity index is 2.07. The van der Waals surface area contributed by atoms with Crippen LogP contribution in [0.3, 0.4) is 0 Å². The number of nitrogens with zero attached hydrogens (tertiary/aromatic N) is 2. The van der Waals surface area contributed by atoms with E-state index in [1.807, 2.05) is 6.92 Å². The number of hydrazone groups is 1. The maximum Gasteiger partial charge on any atom is 0.149 e. The van der Waals surface area contributed by atoms with Crippen molar-refractivity contribution in [1.29, 1.82) is 0 Å².